The minimum atomic E-state index is 0.374. The van der Waals surface area contributed by atoms with Gasteiger partial charge in [0.1, 0.15) is 0 Å². The second-order valence-electron chi connectivity index (χ2n) is 4.07. The maximum Gasteiger partial charge on any atom is 0.0483 e. The Bertz CT molecular complexity index is 145. The number of nitrogens with two attached hydrogens (primary N) is 1. The van der Waals surface area contributed by atoms with Gasteiger partial charge in [0, 0.05) is 31.3 Å². The largest absolute Gasteiger partial charge is 0.381 e. The summed E-state index contributed by atoms with van der Waals surface area (Å²) in [7, 11) is 0. The maximum atomic E-state index is 5.83. The van der Waals surface area contributed by atoms with Crippen LogP contribution in [0.5, 0.6) is 0 Å². The predicted molar refractivity (Wildman–Crippen MR) is 48.0 cm³/mol. The van der Waals surface area contributed by atoms with Gasteiger partial charge in [-0.25, -0.2) is 0 Å². The lowest BCUT2D eigenvalue weighted by atomic mass is 9.81. The zero-order valence-corrected chi connectivity index (χ0v) is 7.51. The van der Waals surface area contributed by atoms with Crippen molar-refractivity contribution >= 4 is 0 Å². The van der Waals surface area contributed by atoms with Crippen LogP contribution in [0.4, 0.5) is 0 Å². The molecule has 1 spiro atoms. The van der Waals surface area contributed by atoms with Gasteiger partial charge in [0.25, 0.3) is 0 Å². The van der Waals surface area contributed by atoms with Crippen molar-refractivity contribution in [2.45, 2.75) is 37.3 Å². The number of ether oxygens (including phenoxy) is 1. The van der Waals surface area contributed by atoms with Crippen molar-refractivity contribution in [3.8, 4) is 0 Å². The third kappa shape index (κ3) is 1.63. The molecule has 70 valence electrons. The fourth-order valence-corrected chi connectivity index (χ4v) is 2.19. The molecule has 3 N–H and O–H groups in total. The molecule has 0 radical (unpaired) electrons. The first-order valence-corrected chi connectivity index (χ1v) is 4.89. The van der Waals surface area contributed by atoms with Crippen LogP contribution in [0.1, 0.15) is 25.7 Å². The number of rotatable bonds is 0. The van der Waals surface area contributed by atoms with E-state index in [-0.39, 0.29) is 0 Å². The van der Waals surface area contributed by atoms with Crippen LogP contribution in [0.25, 0.3) is 0 Å². The molecule has 2 aliphatic heterocycles. The monoisotopic (exact) mass is 170 g/mol. The Labute approximate surface area is 73.7 Å². The van der Waals surface area contributed by atoms with Gasteiger partial charge in [-0.3, -0.25) is 0 Å². The Morgan fingerprint density at radius 3 is 2.58 bits per heavy atom. The molecule has 0 saturated carbocycles. The molecule has 12 heavy (non-hydrogen) atoms. The van der Waals surface area contributed by atoms with Crippen molar-refractivity contribution in [3.05, 3.63) is 0 Å². The van der Waals surface area contributed by atoms with Crippen LogP contribution in [-0.2, 0) is 4.74 Å². The SMILES string of the molecule is NC1CCC2(CCOCC2)NC1. The Morgan fingerprint density at radius 2 is 2.00 bits per heavy atom. The van der Waals surface area contributed by atoms with Crippen molar-refractivity contribution in [2.75, 3.05) is 19.8 Å². The quantitative estimate of drug-likeness (QED) is 0.547. The first-order chi connectivity index (χ1) is 5.81. The van der Waals surface area contributed by atoms with E-state index in [0.717, 1.165) is 19.8 Å². The van der Waals surface area contributed by atoms with E-state index >= 15 is 0 Å². The van der Waals surface area contributed by atoms with E-state index in [1.165, 1.54) is 25.7 Å². The van der Waals surface area contributed by atoms with Crippen molar-refractivity contribution in [3.63, 3.8) is 0 Å². The third-order valence-electron chi connectivity index (χ3n) is 3.18. The Hall–Kier alpha value is -0.120. The van der Waals surface area contributed by atoms with Gasteiger partial charge in [0.2, 0.25) is 0 Å². The van der Waals surface area contributed by atoms with E-state index in [0.29, 0.717) is 11.6 Å². The topological polar surface area (TPSA) is 47.3 Å². The van der Waals surface area contributed by atoms with Crippen LogP contribution in [0.3, 0.4) is 0 Å². The zero-order valence-electron chi connectivity index (χ0n) is 7.51. The van der Waals surface area contributed by atoms with Crippen molar-refractivity contribution in [1.29, 1.82) is 0 Å². The molecule has 0 amide bonds. The molecule has 0 bridgehead atoms. The minimum Gasteiger partial charge on any atom is -0.381 e. The van der Waals surface area contributed by atoms with Gasteiger partial charge in [-0.15, -0.1) is 0 Å². The van der Waals surface area contributed by atoms with E-state index in [2.05, 4.69) is 5.32 Å². The van der Waals surface area contributed by atoms with Crippen LogP contribution >= 0.6 is 0 Å². The van der Waals surface area contributed by atoms with Gasteiger partial charge in [0.05, 0.1) is 0 Å². The molecule has 2 fully saturated rings. The van der Waals surface area contributed by atoms with Crippen molar-refractivity contribution < 1.29 is 4.74 Å². The van der Waals surface area contributed by atoms with E-state index in [9.17, 15) is 0 Å². The highest BCUT2D eigenvalue weighted by atomic mass is 16.5. The lowest BCUT2D eigenvalue weighted by Crippen LogP contribution is -2.57. The first-order valence-electron chi connectivity index (χ1n) is 4.89. The summed E-state index contributed by atoms with van der Waals surface area (Å²) in [6.07, 6.45) is 4.74. The molecule has 2 rings (SSSR count). The smallest absolute Gasteiger partial charge is 0.0483 e. The molecular weight excluding hydrogens is 152 g/mol. The molecule has 0 aliphatic carbocycles. The lowest BCUT2D eigenvalue weighted by molar-refractivity contribution is 0.0251. The van der Waals surface area contributed by atoms with Crippen LogP contribution in [0.15, 0.2) is 0 Å². The second-order valence-corrected chi connectivity index (χ2v) is 4.07. The van der Waals surface area contributed by atoms with Gasteiger partial charge in [-0.05, 0) is 25.7 Å². The van der Waals surface area contributed by atoms with E-state index in [1.54, 1.807) is 0 Å². The van der Waals surface area contributed by atoms with Crippen LogP contribution in [0, 0.1) is 0 Å². The molecule has 2 saturated heterocycles. The Morgan fingerprint density at radius 1 is 1.25 bits per heavy atom. The fourth-order valence-electron chi connectivity index (χ4n) is 2.19. The van der Waals surface area contributed by atoms with Gasteiger partial charge >= 0.3 is 0 Å². The van der Waals surface area contributed by atoms with Crippen molar-refractivity contribution in [2.24, 2.45) is 5.73 Å². The van der Waals surface area contributed by atoms with Gasteiger partial charge in [0.15, 0.2) is 0 Å². The molecule has 0 aromatic rings. The second kappa shape index (κ2) is 3.32. The third-order valence-corrected chi connectivity index (χ3v) is 3.18. The number of hydrogen-bond donors (Lipinski definition) is 2. The van der Waals surface area contributed by atoms with E-state index in [1.807, 2.05) is 0 Å². The maximum absolute atomic E-state index is 5.83. The van der Waals surface area contributed by atoms with Crippen LogP contribution < -0.4 is 11.1 Å². The highest BCUT2D eigenvalue weighted by Gasteiger charge is 2.35. The van der Waals surface area contributed by atoms with Gasteiger partial charge in [-0.1, -0.05) is 0 Å². The van der Waals surface area contributed by atoms with E-state index in [4.69, 9.17) is 10.5 Å². The molecule has 3 nitrogen and oxygen atoms in total. The summed E-state index contributed by atoms with van der Waals surface area (Å²) >= 11 is 0. The summed E-state index contributed by atoms with van der Waals surface area (Å²) in [5.74, 6) is 0. The average molecular weight is 170 g/mol. The molecule has 0 aromatic heterocycles. The molecule has 1 atom stereocenters. The highest BCUT2D eigenvalue weighted by molar-refractivity contribution is 4.95. The lowest BCUT2D eigenvalue weighted by Gasteiger charge is -2.43. The molecule has 1 unspecified atom stereocenters. The summed E-state index contributed by atoms with van der Waals surface area (Å²) in [5, 5.41) is 3.58. The molecule has 2 heterocycles. The normalized spacial score (nSPS) is 35.2. The Balaban J connectivity index is 1.92. The fraction of sp³-hybridized carbons (Fsp3) is 1.00. The first kappa shape index (κ1) is 8.48. The van der Waals surface area contributed by atoms with Crippen molar-refractivity contribution in [1.82, 2.24) is 5.32 Å². The van der Waals surface area contributed by atoms with Gasteiger partial charge < -0.3 is 15.8 Å². The standard InChI is InChI=1S/C9H18N2O/c10-8-1-2-9(11-7-8)3-5-12-6-4-9/h8,11H,1-7,10H2. The summed E-state index contributed by atoms with van der Waals surface area (Å²) in [6.45, 7) is 2.82. The average Bonchev–Trinajstić information content (AvgIpc) is 2.13. The minimum absolute atomic E-state index is 0.374. The van der Waals surface area contributed by atoms with Crippen LogP contribution in [-0.4, -0.2) is 31.3 Å². The highest BCUT2D eigenvalue weighted by Crippen LogP contribution is 2.28. The molecule has 0 aromatic carbocycles. The summed E-state index contributed by atoms with van der Waals surface area (Å²) < 4.78 is 5.35. The number of nitrogens with one attached hydrogen (secondary N) is 1. The predicted octanol–water partition coefficient (Wildman–Crippen LogP) is 0.246. The molecule has 2 aliphatic rings. The number of hydrogen-bond acceptors (Lipinski definition) is 3. The summed E-state index contributed by atoms with van der Waals surface area (Å²) in [4.78, 5) is 0. The van der Waals surface area contributed by atoms with E-state index < -0.39 is 0 Å². The summed E-state index contributed by atoms with van der Waals surface area (Å²) in [5.41, 5.74) is 6.21. The number of piperidine rings is 1. The molecular formula is C9H18N2O. The zero-order chi connectivity index (χ0) is 8.44. The van der Waals surface area contributed by atoms with Gasteiger partial charge in [-0.2, -0.15) is 0 Å². The van der Waals surface area contributed by atoms with Crippen LogP contribution in [0.2, 0.25) is 0 Å². The summed E-state index contributed by atoms with van der Waals surface area (Å²) in [6, 6.07) is 0.374. The molecule has 3 heteroatoms. The Kier molecular flexibility index (Phi) is 2.35.